The van der Waals surface area contributed by atoms with Crippen molar-refractivity contribution < 1.29 is 13.5 Å². The van der Waals surface area contributed by atoms with E-state index in [0.717, 1.165) is 25.9 Å². The molecule has 1 aliphatic heterocycles. The maximum atomic E-state index is 13.4. The Morgan fingerprint density at radius 2 is 2.13 bits per heavy atom. The summed E-state index contributed by atoms with van der Waals surface area (Å²) in [6.07, 6.45) is 6.76. The number of anilines is 1. The smallest absolute Gasteiger partial charge is 0.249 e. The van der Waals surface area contributed by atoms with Crippen molar-refractivity contribution >= 4 is 11.5 Å². The monoisotopic (exact) mass is 415 g/mol. The molecule has 0 radical (unpaired) electrons. The van der Waals surface area contributed by atoms with Gasteiger partial charge in [0.25, 0.3) is 0 Å². The lowest BCUT2D eigenvalue weighted by Gasteiger charge is -2.34. The van der Waals surface area contributed by atoms with Crippen molar-refractivity contribution in [2.45, 2.75) is 43.6 Å². The van der Waals surface area contributed by atoms with Crippen LogP contribution in [0.2, 0.25) is 0 Å². The molecule has 4 heterocycles. The predicted octanol–water partition coefficient (Wildman–Crippen LogP) is 2.87. The van der Waals surface area contributed by atoms with Gasteiger partial charge in [0.2, 0.25) is 5.92 Å². The molecule has 3 aromatic rings. The van der Waals surface area contributed by atoms with E-state index in [0.29, 0.717) is 40.3 Å². The number of alkyl halides is 2. The molecule has 8 nitrogen and oxygen atoms in total. The Labute approximate surface area is 172 Å². The number of methoxy groups -OCH3 is 1. The van der Waals surface area contributed by atoms with Gasteiger partial charge in [-0.05, 0) is 19.4 Å². The third-order valence-corrected chi connectivity index (χ3v) is 5.73. The second-order valence-corrected chi connectivity index (χ2v) is 7.95. The molecule has 158 valence electrons. The van der Waals surface area contributed by atoms with Gasteiger partial charge in [-0.1, -0.05) is 0 Å². The van der Waals surface area contributed by atoms with Gasteiger partial charge in [-0.25, -0.2) is 23.3 Å². The van der Waals surface area contributed by atoms with Crippen molar-refractivity contribution in [3.63, 3.8) is 0 Å². The van der Waals surface area contributed by atoms with Crippen LogP contribution in [0.15, 0.2) is 24.7 Å². The molecule has 2 fully saturated rings. The largest absolute Gasteiger partial charge is 0.495 e. The number of aromatic nitrogens is 5. The number of ether oxygens (including phenoxy) is 1. The van der Waals surface area contributed by atoms with Crippen LogP contribution in [0.3, 0.4) is 0 Å². The highest BCUT2D eigenvalue weighted by Crippen LogP contribution is 2.49. The van der Waals surface area contributed by atoms with Crippen molar-refractivity contribution in [2.75, 3.05) is 25.5 Å². The minimum Gasteiger partial charge on any atom is -0.495 e. The summed E-state index contributed by atoms with van der Waals surface area (Å²) in [4.78, 5) is 13.4. The topological polar surface area (TPSA) is 89.3 Å². The van der Waals surface area contributed by atoms with Gasteiger partial charge in [-0.2, -0.15) is 5.10 Å². The number of nitrogens with one attached hydrogen (secondary N) is 2. The first-order valence-corrected chi connectivity index (χ1v) is 10.1. The molecular formula is C20H23F2N7O. The van der Waals surface area contributed by atoms with Crippen molar-refractivity contribution in [2.24, 2.45) is 0 Å². The van der Waals surface area contributed by atoms with E-state index in [1.54, 1.807) is 29.2 Å². The average Bonchev–Trinajstić information content (AvgIpc) is 3.15. The average molecular weight is 415 g/mol. The fourth-order valence-corrected chi connectivity index (χ4v) is 4.13. The van der Waals surface area contributed by atoms with E-state index in [9.17, 15) is 8.78 Å². The van der Waals surface area contributed by atoms with E-state index in [4.69, 9.17) is 4.74 Å². The van der Waals surface area contributed by atoms with Gasteiger partial charge in [0.05, 0.1) is 25.7 Å². The van der Waals surface area contributed by atoms with Gasteiger partial charge in [-0.3, -0.25) is 4.98 Å². The van der Waals surface area contributed by atoms with Crippen LogP contribution >= 0.6 is 0 Å². The Morgan fingerprint density at radius 3 is 2.87 bits per heavy atom. The summed E-state index contributed by atoms with van der Waals surface area (Å²) in [6, 6.07) is 2.03. The number of fused-ring (bicyclic) bond motifs is 1. The van der Waals surface area contributed by atoms with E-state index in [2.05, 4.69) is 30.7 Å². The molecule has 0 amide bonds. The second kappa shape index (κ2) is 7.42. The van der Waals surface area contributed by atoms with E-state index >= 15 is 0 Å². The predicted molar refractivity (Wildman–Crippen MR) is 107 cm³/mol. The zero-order chi connectivity index (χ0) is 20.7. The molecule has 1 saturated heterocycles. The maximum Gasteiger partial charge on any atom is 0.249 e. The lowest BCUT2D eigenvalue weighted by molar-refractivity contribution is -0.0881. The van der Waals surface area contributed by atoms with Crippen molar-refractivity contribution in [3.05, 3.63) is 30.4 Å². The first-order valence-electron chi connectivity index (χ1n) is 10.1. The Morgan fingerprint density at radius 1 is 1.27 bits per heavy atom. The molecule has 0 spiro atoms. The molecule has 3 aromatic heterocycles. The van der Waals surface area contributed by atoms with Crippen LogP contribution in [0.25, 0.3) is 17.0 Å². The summed E-state index contributed by atoms with van der Waals surface area (Å²) in [5.41, 5.74) is 2.34. The SMILES string of the molecule is COc1cc2ncc(-c3cncc(NC4CCCNC4)n3)n2nc1C1CC(F)(F)C1. The quantitative estimate of drug-likeness (QED) is 0.662. The summed E-state index contributed by atoms with van der Waals surface area (Å²) in [5.74, 6) is -1.81. The van der Waals surface area contributed by atoms with Gasteiger partial charge in [-0.15, -0.1) is 0 Å². The Bertz CT molecular complexity index is 1060. The van der Waals surface area contributed by atoms with Crippen LogP contribution in [-0.4, -0.2) is 56.7 Å². The number of nitrogens with zero attached hydrogens (tertiary/aromatic N) is 5. The summed E-state index contributed by atoms with van der Waals surface area (Å²) < 4.78 is 33.9. The van der Waals surface area contributed by atoms with Gasteiger partial charge in [0.1, 0.15) is 28.6 Å². The first-order chi connectivity index (χ1) is 14.5. The Kier molecular flexibility index (Phi) is 4.73. The van der Waals surface area contributed by atoms with Crippen molar-refractivity contribution in [3.8, 4) is 17.1 Å². The van der Waals surface area contributed by atoms with Crippen LogP contribution in [0.1, 0.15) is 37.3 Å². The lowest BCUT2D eigenvalue weighted by atomic mass is 9.79. The standard InChI is InChI=1S/C20H23F2N7O/c1-30-16-5-18-25-10-15(29(18)28-19(16)12-6-20(21,22)7-12)14-9-24-11-17(27-14)26-13-3-2-4-23-8-13/h5,9-13,23H,2-4,6-8H2,1H3,(H,26,27). The summed E-state index contributed by atoms with van der Waals surface area (Å²) in [5, 5.41) is 11.4. The van der Waals surface area contributed by atoms with Crippen LogP contribution < -0.4 is 15.4 Å². The minimum atomic E-state index is -2.64. The molecule has 1 saturated carbocycles. The Balaban J connectivity index is 1.48. The zero-order valence-electron chi connectivity index (χ0n) is 16.6. The third kappa shape index (κ3) is 3.55. The normalized spacial score (nSPS) is 21.4. The number of rotatable bonds is 5. The lowest BCUT2D eigenvalue weighted by Crippen LogP contribution is -2.38. The highest BCUT2D eigenvalue weighted by Gasteiger charge is 2.47. The van der Waals surface area contributed by atoms with Gasteiger partial charge >= 0.3 is 0 Å². The number of hydrogen-bond donors (Lipinski definition) is 2. The van der Waals surface area contributed by atoms with E-state index in [1.165, 1.54) is 7.11 Å². The van der Waals surface area contributed by atoms with E-state index < -0.39 is 5.92 Å². The van der Waals surface area contributed by atoms with Gasteiger partial charge < -0.3 is 15.4 Å². The number of hydrogen-bond acceptors (Lipinski definition) is 7. The summed E-state index contributed by atoms with van der Waals surface area (Å²) in [7, 11) is 1.51. The highest BCUT2D eigenvalue weighted by molar-refractivity contribution is 5.61. The fraction of sp³-hybridized carbons (Fsp3) is 0.500. The maximum absolute atomic E-state index is 13.4. The molecule has 1 aliphatic carbocycles. The van der Waals surface area contributed by atoms with Gasteiger partial charge in [0, 0.05) is 37.4 Å². The number of imidazole rings is 1. The first kappa shape index (κ1) is 19.1. The van der Waals surface area contributed by atoms with E-state index in [-0.39, 0.29) is 18.8 Å². The molecule has 1 atom stereocenters. The molecule has 1 unspecified atom stereocenters. The second-order valence-electron chi connectivity index (χ2n) is 7.95. The van der Waals surface area contributed by atoms with Crippen LogP contribution in [0.5, 0.6) is 5.75 Å². The molecule has 5 rings (SSSR count). The molecular weight excluding hydrogens is 392 g/mol. The fourth-order valence-electron chi connectivity index (χ4n) is 4.13. The summed E-state index contributed by atoms with van der Waals surface area (Å²) in [6.45, 7) is 1.92. The minimum absolute atomic E-state index is 0.222. The Hall–Kier alpha value is -2.88. The number of halogens is 2. The number of piperidine rings is 1. The van der Waals surface area contributed by atoms with Crippen molar-refractivity contribution in [1.29, 1.82) is 0 Å². The molecule has 2 N–H and O–H groups in total. The molecule has 2 aliphatic rings. The van der Waals surface area contributed by atoms with E-state index in [1.807, 2.05) is 0 Å². The van der Waals surface area contributed by atoms with Crippen LogP contribution in [0.4, 0.5) is 14.6 Å². The molecule has 10 heteroatoms. The molecule has 0 aromatic carbocycles. The van der Waals surface area contributed by atoms with Crippen LogP contribution in [-0.2, 0) is 0 Å². The van der Waals surface area contributed by atoms with Crippen molar-refractivity contribution in [1.82, 2.24) is 29.9 Å². The summed E-state index contributed by atoms with van der Waals surface area (Å²) >= 11 is 0. The zero-order valence-corrected chi connectivity index (χ0v) is 16.6. The van der Waals surface area contributed by atoms with Crippen LogP contribution in [0, 0.1) is 0 Å². The van der Waals surface area contributed by atoms with Gasteiger partial charge in [0.15, 0.2) is 5.65 Å². The molecule has 30 heavy (non-hydrogen) atoms. The highest BCUT2D eigenvalue weighted by atomic mass is 19.3. The third-order valence-electron chi connectivity index (χ3n) is 5.73. The molecule has 0 bridgehead atoms.